The van der Waals surface area contributed by atoms with Crippen molar-refractivity contribution in [3.05, 3.63) is 59.7 Å². The van der Waals surface area contributed by atoms with Gasteiger partial charge in [0.1, 0.15) is 4.90 Å². The van der Waals surface area contributed by atoms with Crippen molar-refractivity contribution >= 4 is 15.7 Å². The number of benzene rings is 2. The zero-order valence-corrected chi connectivity index (χ0v) is 12.4. The van der Waals surface area contributed by atoms with Crippen molar-refractivity contribution in [1.29, 1.82) is 0 Å². The molecule has 0 heterocycles. The lowest BCUT2D eigenvalue weighted by molar-refractivity contribution is 0.601. The lowest BCUT2D eigenvalue weighted by atomic mass is 10.2. The van der Waals surface area contributed by atoms with E-state index in [0.717, 1.165) is 5.56 Å². The maximum atomic E-state index is 12.5. The molecule has 2 rings (SSSR count). The van der Waals surface area contributed by atoms with Gasteiger partial charge in [0.05, 0.1) is 12.2 Å². The van der Waals surface area contributed by atoms with Crippen LogP contribution in [-0.2, 0) is 10.0 Å². The van der Waals surface area contributed by atoms with Crippen molar-refractivity contribution in [1.82, 2.24) is 0 Å². The largest absolute Gasteiger partial charge is 0.320 e. The van der Waals surface area contributed by atoms with E-state index < -0.39 is 10.0 Å². The summed E-state index contributed by atoms with van der Waals surface area (Å²) in [6.45, 7) is 2.03. The summed E-state index contributed by atoms with van der Waals surface area (Å²) in [7, 11) is -3.69. The molecule has 0 atom stereocenters. The van der Waals surface area contributed by atoms with Gasteiger partial charge in [0.15, 0.2) is 0 Å². The van der Waals surface area contributed by atoms with E-state index in [9.17, 15) is 8.42 Å². The van der Waals surface area contributed by atoms with Gasteiger partial charge in [-0.3, -0.25) is 4.72 Å². The van der Waals surface area contributed by atoms with Crippen molar-refractivity contribution in [3.8, 4) is 11.8 Å². The summed E-state index contributed by atoms with van der Waals surface area (Å²) in [6.07, 6.45) is 0. The number of hydrogen-bond donors (Lipinski definition) is 2. The zero-order chi connectivity index (χ0) is 15.3. The molecular weight excluding hydrogens is 284 g/mol. The van der Waals surface area contributed by atoms with E-state index in [2.05, 4.69) is 16.6 Å². The van der Waals surface area contributed by atoms with Crippen molar-refractivity contribution < 1.29 is 8.42 Å². The van der Waals surface area contributed by atoms with Crippen molar-refractivity contribution in [3.63, 3.8) is 0 Å². The Kier molecular flexibility index (Phi) is 4.63. The minimum absolute atomic E-state index is 0.147. The maximum Gasteiger partial charge on any atom is 0.263 e. The molecule has 4 nitrogen and oxygen atoms in total. The van der Waals surface area contributed by atoms with Crippen molar-refractivity contribution in [2.75, 3.05) is 11.3 Å². The molecule has 0 spiro atoms. The van der Waals surface area contributed by atoms with Gasteiger partial charge in [-0.25, -0.2) is 8.42 Å². The summed E-state index contributed by atoms with van der Waals surface area (Å²) in [5, 5.41) is 0. The number of para-hydroxylation sites is 1. The molecule has 0 amide bonds. The normalized spacial score (nSPS) is 10.6. The summed E-state index contributed by atoms with van der Waals surface area (Å²) in [6, 6.07) is 13.8. The van der Waals surface area contributed by atoms with Gasteiger partial charge >= 0.3 is 0 Å². The molecule has 0 fully saturated rings. The lowest BCUT2D eigenvalue weighted by Crippen LogP contribution is -2.15. The predicted octanol–water partition coefficient (Wildman–Crippen LogP) is 2.11. The second-order valence-corrected chi connectivity index (χ2v) is 6.07. The Hall–Kier alpha value is -2.29. The summed E-state index contributed by atoms with van der Waals surface area (Å²) in [5.74, 6) is 5.46. The molecule has 0 saturated carbocycles. The monoisotopic (exact) mass is 300 g/mol. The van der Waals surface area contributed by atoms with E-state index >= 15 is 0 Å². The molecule has 3 N–H and O–H groups in total. The Balaban J connectivity index is 2.43. The standard InChI is InChI=1S/C16H16N2O2S/c1-13-7-2-4-10-15(13)18-21(19,20)16-11-5-3-8-14(16)9-6-12-17/h2-5,7-8,10-11,18H,12,17H2,1H3. The second-order valence-electron chi connectivity index (χ2n) is 4.42. The minimum atomic E-state index is -3.69. The highest BCUT2D eigenvalue weighted by Crippen LogP contribution is 2.21. The van der Waals surface area contributed by atoms with Crippen LogP contribution < -0.4 is 10.5 Å². The topological polar surface area (TPSA) is 72.2 Å². The van der Waals surface area contributed by atoms with Crippen LogP contribution in [0.4, 0.5) is 5.69 Å². The number of anilines is 1. The Bertz CT molecular complexity index is 802. The SMILES string of the molecule is Cc1ccccc1NS(=O)(=O)c1ccccc1C#CCN. The third kappa shape index (κ3) is 3.63. The average molecular weight is 300 g/mol. The van der Waals surface area contributed by atoms with Crippen LogP contribution in [0, 0.1) is 18.8 Å². The van der Waals surface area contributed by atoms with E-state index in [-0.39, 0.29) is 11.4 Å². The fourth-order valence-corrected chi connectivity index (χ4v) is 3.13. The first kappa shape index (κ1) is 15.1. The van der Waals surface area contributed by atoms with Gasteiger partial charge in [-0.15, -0.1) is 0 Å². The van der Waals surface area contributed by atoms with Gasteiger partial charge in [-0.2, -0.15) is 0 Å². The van der Waals surface area contributed by atoms with Gasteiger partial charge in [-0.1, -0.05) is 42.2 Å². The van der Waals surface area contributed by atoms with Crippen LogP contribution in [0.5, 0.6) is 0 Å². The van der Waals surface area contributed by atoms with E-state index in [1.807, 2.05) is 19.1 Å². The van der Waals surface area contributed by atoms with Crippen LogP contribution in [0.1, 0.15) is 11.1 Å². The minimum Gasteiger partial charge on any atom is -0.320 e. The Morgan fingerprint density at radius 2 is 1.76 bits per heavy atom. The molecule has 0 unspecified atom stereocenters. The quantitative estimate of drug-likeness (QED) is 0.853. The van der Waals surface area contributed by atoms with E-state index in [1.54, 1.807) is 30.3 Å². The van der Waals surface area contributed by atoms with E-state index in [0.29, 0.717) is 11.3 Å². The predicted molar refractivity (Wildman–Crippen MR) is 84.4 cm³/mol. The molecule has 21 heavy (non-hydrogen) atoms. The Labute approximate surface area is 125 Å². The molecule has 0 saturated heterocycles. The Morgan fingerprint density at radius 3 is 2.48 bits per heavy atom. The summed E-state index contributed by atoms with van der Waals surface area (Å²) in [4.78, 5) is 0.147. The van der Waals surface area contributed by atoms with Crippen LogP contribution in [0.3, 0.4) is 0 Å². The molecule has 5 heteroatoms. The van der Waals surface area contributed by atoms with E-state index in [4.69, 9.17) is 5.73 Å². The number of nitrogens with one attached hydrogen (secondary N) is 1. The molecule has 0 radical (unpaired) electrons. The lowest BCUT2D eigenvalue weighted by Gasteiger charge is -2.11. The maximum absolute atomic E-state index is 12.5. The molecular formula is C16H16N2O2S. The fraction of sp³-hybridized carbons (Fsp3) is 0.125. The first-order valence-electron chi connectivity index (χ1n) is 6.41. The van der Waals surface area contributed by atoms with Crippen LogP contribution in [0.15, 0.2) is 53.4 Å². The van der Waals surface area contributed by atoms with Crippen LogP contribution in [0.2, 0.25) is 0 Å². The number of nitrogens with two attached hydrogens (primary N) is 1. The van der Waals surface area contributed by atoms with E-state index in [1.165, 1.54) is 6.07 Å². The first-order valence-corrected chi connectivity index (χ1v) is 7.89. The highest BCUT2D eigenvalue weighted by molar-refractivity contribution is 7.92. The average Bonchev–Trinajstić information content (AvgIpc) is 2.47. The number of aryl methyl sites for hydroxylation is 1. The molecule has 2 aromatic carbocycles. The number of rotatable bonds is 3. The van der Waals surface area contributed by atoms with Crippen LogP contribution in [-0.4, -0.2) is 15.0 Å². The van der Waals surface area contributed by atoms with Crippen LogP contribution >= 0.6 is 0 Å². The number of hydrogen-bond acceptors (Lipinski definition) is 3. The number of sulfonamides is 1. The van der Waals surface area contributed by atoms with Crippen molar-refractivity contribution in [2.45, 2.75) is 11.8 Å². The molecule has 2 aromatic rings. The summed E-state index contributed by atoms with van der Waals surface area (Å²) >= 11 is 0. The third-order valence-electron chi connectivity index (χ3n) is 2.89. The molecule has 0 aliphatic rings. The van der Waals surface area contributed by atoms with Gasteiger partial charge < -0.3 is 5.73 Å². The van der Waals surface area contributed by atoms with Crippen molar-refractivity contribution in [2.24, 2.45) is 5.73 Å². The smallest absolute Gasteiger partial charge is 0.263 e. The highest BCUT2D eigenvalue weighted by Gasteiger charge is 2.18. The van der Waals surface area contributed by atoms with Gasteiger partial charge in [0.2, 0.25) is 0 Å². The molecule has 0 aliphatic carbocycles. The fourth-order valence-electron chi connectivity index (χ4n) is 1.84. The highest BCUT2D eigenvalue weighted by atomic mass is 32.2. The molecule has 108 valence electrons. The molecule has 0 aromatic heterocycles. The summed E-state index contributed by atoms with van der Waals surface area (Å²) in [5.41, 5.74) is 7.18. The van der Waals surface area contributed by atoms with Gasteiger partial charge in [-0.05, 0) is 30.7 Å². The summed E-state index contributed by atoms with van der Waals surface area (Å²) < 4.78 is 27.6. The Morgan fingerprint density at radius 1 is 1.10 bits per heavy atom. The van der Waals surface area contributed by atoms with Gasteiger partial charge in [0.25, 0.3) is 10.0 Å². The molecule has 0 aliphatic heterocycles. The molecule has 0 bridgehead atoms. The van der Waals surface area contributed by atoms with Crippen LogP contribution in [0.25, 0.3) is 0 Å². The second kappa shape index (κ2) is 6.44. The van der Waals surface area contributed by atoms with Gasteiger partial charge in [0, 0.05) is 5.56 Å². The third-order valence-corrected chi connectivity index (χ3v) is 4.31. The zero-order valence-electron chi connectivity index (χ0n) is 11.6. The first-order chi connectivity index (χ1) is 10.0.